The second-order valence-electron chi connectivity index (χ2n) is 2.34. The van der Waals surface area contributed by atoms with E-state index in [1.807, 2.05) is 14.1 Å². The Bertz CT molecular complexity index is 56.0. The molecule has 4 N–H and O–H groups in total. The van der Waals surface area contributed by atoms with E-state index < -0.39 is 6.23 Å². The lowest BCUT2D eigenvalue weighted by molar-refractivity contribution is 0.0578. The zero-order chi connectivity index (χ0) is 8.73. The first-order valence-electron chi connectivity index (χ1n) is 3.16. The number of nitrogens with zero attached hydrogens (tertiary/aromatic N) is 1. The average Bonchev–Trinajstić information content (AvgIpc) is 1.63. The van der Waals surface area contributed by atoms with Gasteiger partial charge in [0, 0.05) is 0 Å². The topological polar surface area (TPSA) is 69.7 Å². The van der Waals surface area contributed by atoms with Crippen LogP contribution < -0.4 is 5.73 Å². The van der Waals surface area contributed by atoms with E-state index in [9.17, 15) is 0 Å². The van der Waals surface area contributed by atoms with E-state index in [0.29, 0.717) is 0 Å². The van der Waals surface area contributed by atoms with Crippen molar-refractivity contribution in [1.29, 1.82) is 0 Å². The molecule has 0 heterocycles. The summed E-state index contributed by atoms with van der Waals surface area (Å²) in [6.45, 7) is 3.22. The van der Waals surface area contributed by atoms with Crippen molar-refractivity contribution >= 4 is 0 Å². The highest BCUT2D eigenvalue weighted by atomic mass is 16.3. The van der Waals surface area contributed by atoms with E-state index in [4.69, 9.17) is 10.2 Å². The zero-order valence-corrected chi connectivity index (χ0v) is 7.07. The van der Waals surface area contributed by atoms with Gasteiger partial charge in [0.2, 0.25) is 0 Å². The SMILES string of the molecule is CC(N)O.CC(O)N(C)C. The maximum atomic E-state index is 8.56. The van der Waals surface area contributed by atoms with Gasteiger partial charge in [0.1, 0.15) is 6.23 Å². The molecule has 4 nitrogen and oxygen atoms in total. The fraction of sp³-hybridized carbons (Fsp3) is 1.00. The summed E-state index contributed by atoms with van der Waals surface area (Å²) >= 11 is 0. The Labute approximate surface area is 62.3 Å². The fourth-order valence-corrected chi connectivity index (χ4v) is 0. The minimum absolute atomic E-state index is 0.315. The quantitative estimate of drug-likeness (QED) is 0.427. The molecule has 10 heavy (non-hydrogen) atoms. The molecule has 2 atom stereocenters. The summed E-state index contributed by atoms with van der Waals surface area (Å²) in [4.78, 5) is 1.72. The number of hydrogen-bond donors (Lipinski definition) is 3. The van der Waals surface area contributed by atoms with Gasteiger partial charge in [-0.25, -0.2) is 0 Å². The molecule has 4 heteroatoms. The van der Waals surface area contributed by atoms with Crippen LogP contribution in [0.5, 0.6) is 0 Å². The van der Waals surface area contributed by atoms with E-state index in [-0.39, 0.29) is 6.23 Å². The van der Waals surface area contributed by atoms with Crippen molar-refractivity contribution in [3.8, 4) is 0 Å². The third kappa shape index (κ3) is 24.9. The summed E-state index contributed by atoms with van der Waals surface area (Å²) in [5.74, 6) is 0. The highest BCUT2D eigenvalue weighted by molar-refractivity contribution is 4.35. The minimum Gasteiger partial charge on any atom is -0.379 e. The zero-order valence-electron chi connectivity index (χ0n) is 7.07. The van der Waals surface area contributed by atoms with Crippen LogP contribution in [0.3, 0.4) is 0 Å². The first kappa shape index (κ1) is 12.5. The van der Waals surface area contributed by atoms with Crippen molar-refractivity contribution in [2.45, 2.75) is 26.3 Å². The summed E-state index contributed by atoms with van der Waals surface area (Å²) < 4.78 is 0. The summed E-state index contributed by atoms with van der Waals surface area (Å²) in [6.07, 6.45) is -0.981. The fourth-order valence-electron chi connectivity index (χ4n) is 0. The molecule has 0 aromatic rings. The van der Waals surface area contributed by atoms with Crippen molar-refractivity contribution in [3.63, 3.8) is 0 Å². The summed E-state index contributed by atoms with van der Waals surface area (Å²) in [5.41, 5.74) is 4.67. The summed E-state index contributed by atoms with van der Waals surface area (Å²) in [7, 11) is 3.65. The van der Waals surface area contributed by atoms with Crippen molar-refractivity contribution in [2.75, 3.05) is 14.1 Å². The van der Waals surface area contributed by atoms with Crippen molar-refractivity contribution in [3.05, 3.63) is 0 Å². The van der Waals surface area contributed by atoms with Gasteiger partial charge in [-0.1, -0.05) is 0 Å². The second-order valence-corrected chi connectivity index (χ2v) is 2.34. The molecule has 0 aliphatic carbocycles. The summed E-state index contributed by atoms with van der Waals surface area (Å²) in [6, 6.07) is 0. The van der Waals surface area contributed by atoms with Crippen LogP contribution in [0.1, 0.15) is 13.8 Å². The van der Waals surface area contributed by atoms with E-state index in [0.717, 1.165) is 0 Å². The molecular weight excluding hydrogens is 132 g/mol. The van der Waals surface area contributed by atoms with E-state index in [2.05, 4.69) is 5.73 Å². The van der Waals surface area contributed by atoms with Crippen LogP contribution in [0.15, 0.2) is 0 Å². The molecule has 0 rings (SSSR count). The Morgan fingerprint density at radius 1 is 1.20 bits per heavy atom. The van der Waals surface area contributed by atoms with Gasteiger partial charge in [-0.2, -0.15) is 0 Å². The molecule has 0 spiro atoms. The van der Waals surface area contributed by atoms with Crippen LogP contribution in [-0.4, -0.2) is 41.7 Å². The molecule has 0 aromatic carbocycles. The molecular formula is C6H18N2O2. The molecule has 0 radical (unpaired) electrons. The van der Waals surface area contributed by atoms with Crippen LogP contribution in [0.25, 0.3) is 0 Å². The smallest absolute Gasteiger partial charge is 0.104 e. The molecule has 0 aromatic heterocycles. The normalized spacial score (nSPS) is 15.6. The van der Waals surface area contributed by atoms with E-state index >= 15 is 0 Å². The lowest BCUT2D eigenvalue weighted by atomic mass is 10.6. The van der Waals surface area contributed by atoms with Crippen LogP contribution in [0, 0.1) is 0 Å². The lowest BCUT2D eigenvalue weighted by Gasteiger charge is -2.11. The van der Waals surface area contributed by atoms with Crippen molar-refractivity contribution in [2.24, 2.45) is 5.73 Å². The van der Waals surface area contributed by atoms with Gasteiger partial charge in [0.25, 0.3) is 0 Å². The van der Waals surface area contributed by atoms with E-state index in [1.165, 1.54) is 6.92 Å². The first-order valence-corrected chi connectivity index (χ1v) is 3.16. The van der Waals surface area contributed by atoms with Gasteiger partial charge in [-0.3, -0.25) is 4.90 Å². The van der Waals surface area contributed by atoms with Crippen LogP contribution >= 0.6 is 0 Å². The molecule has 0 saturated heterocycles. The monoisotopic (exact) mass is 150 g/mol. The average molecular weight is 150 g/mol. The van der Waals surface area contributed by atoms with Crippen LogP contribution in [0.2, 0.25) is 0 Å². The predicted molar refractivity (Wildman–Crippen MR) is 41.2 cm³/mol. The van der Waals surface area contributed by atoms with Gasteiger partial charge >= 0.3 is 0 Å². The molecule has 2 unspecified atom stereocenters. The Kier molecular flexibility index (Phi) is 8.70. The standard InChI is InChI=1S/C4H11NO.C2H7NO/c1-4(6)5(2)3;1-2(3)4/h4,6H,1-3H3;2,4H,3H2,1H3. The minimum atomic E-state index is -0.667. The predicted octanol–water partition coefficient (Wildman–Crippen LogP) is -0.830. The maximum absolute atomic E-state index is 8.56. The third-order valence-corrected chi connectivity index (χ3v) is 0.747. The largest absolute Gasteiger partial charge is 0.379 e. The first-order chi connectivity index (χ1) is 4.37. The van der Waals surface area contributed by atoms with Gasteiger partial charge in [-0.15, -0.1) is 0 Å². The molecule has 0 aliphatic rings. The van der Waals surface area contributed by atoms with Gasteiger partial charge in [0.15, 0.2) is 0 Å². The molecule has 0 amide bonds. The maximum Gasteiger partial charge on any atom is 0.104 e. The Balaban J connectivity index is 0. The molecule has 64 valence electrons. The lowest BCUT2D eigenvalue weighted by Crippen LogP contribution is -2.23. The third-order valence-electron chi connectivity index (χ3n) is 0.747. The highest BCUT2D eigenvalue weighted by Gasteiger charge is 1.92. The number of nitrogens with two attached hydrogens (primary N) is 1. The molecule has 0 bridgehead atoms. The number of hydrogen-bond acceptors (Lipinski definition) is 4. The number of aliphatic hydroxyl groups excluding tert-OH is 2. The Morgan fingerprint density at radius 3 is 1.30 bits per heavy atom. The number of aliphatic hydroxyl groups is 2. The van der Waals surface area contributed by atoms with Gasteiger partial charge in [-0.05, 0) is 27.9 Å². The summed E-state index contributed by atoms with van der Waals surface area (Å²) in [5, 5.41) is 16.4. The van der Waals surface area contributed by atoms with Crippen molar-refractivity contribution in [1.82, 2.24) is 4.90 Å². The van der Waals surface area contributed by atoms with Crippen LogP contribution in [-0.2, 0) is 0 Å². The molecule has 0 fully saturated rings. The Morgan fingerprint density at radius 2 is 1.30 bits per heavy atom. The van der Waals surface area contributed by atoms with Crippen molar-refractivity contribution < 1.29 is 10.2 Å². The van der Waals surface area contributed by atoms with Gasteiger partial charge in [0.05, 0.1) is 6.23 Å². The van der Waals surface area contributed by atoms with Gasteiger partial charge < -0.3 is 15.9 Å². The van der Waals surface area contributed by atoms with E-state index in [1.54, 1.807) is 11.8 Å². The second kappa shape index (κ2) is 6.95. The Hall–Kier alpha value is -0.160. The highest BCUT2D eigenvalue weighted by Crippen LogP contribution is 1.79. The molecule has 0 saturated carbocycles. The van der Waals surface area contributed by atoms with Crippen LogP contribution in [0.4, 0.5) is 0 Å². The molecule has 0 aliphatic heterocycles. The number of rotatable bonds is 1.